The molecule has 0 fully saturated rings. The lowest BCUT2D eigenvalue weighted by atomic mass is 10.1. The van der Waals surface area contributed by atoms with Gasteiger partial charge in [-0.2, -0.15) is 0 Å². The summed E-state index contributed by atoms with van der Waals surface area (Å²) in [6.45, 7) is 0. The monoisotopic (exact) mass is 370 g/mol. The SMILES string of the molecule is CN(C)C(=O)[C@H](Sc1nnc(-c2ccccc2F)n1C)c1ccccc1. The first kappa shape index (κ1) is 18.1. The van der Waals surface area contributed by atoms with E-state index in [0.29, 0.717) is 16.5 Å². The van der Waals surface area contributed by atoms with Crippen molar-refractivity contribution in [3.63, 3.8) is 0 Å². The van der Waals surface area contributed by atoms with Gasteiger partial charge in [-0.15, -0.1) is 10.2 Å². The Hall–Kier alpha value is -2.67. The third kappa shape index (κ3) is 3.62. The third-order valence-corrected chi connectivity index (χ3v) is 5.22. The van der Waals surface area contributed by atoms with Gasteiger partial charge in [0.1, 0.15) is 11.1 Å². The Morgan fingerprint density at radius 3 is 2.38 bits per heavy atom. The van der Waals surface area contributed by atoms with E-state index in [1.54, 1.807) is 48.8 Å². The molecule has 2 aromatic carbocycles. The van der Waals surface area contributed by atoms with Gasteiger partial charge in [-0.25, -0.2) is 4.39 Å². The number of hydrogen-bond donors (Lipinski definition) is 0. The highest BCUT2D eigenvalue weighted by molar-refractivity contribution is 8.00. The van der Waals surface area contributed by atoms with E-state index in [2.05, 4.69) is 10.2 Å². The summed E-state index contributed by atoms with van der Waals surface area (Å²) in [6, 6.07) is 16.0. The van der Waals surface area contributed by atoms with E-state index in [9.17, 15) is 9.18 Å². The van der Waals surface area contributed by atoms with Gasteiger partial charge in [0, 0.05) is 21.1 Å². The topological polar surface area (TPSA) is 51.0 Å². The predicted octanol–water partition coefficient (Wildman–Crippen LogP) is 3.54. The summed E-state index contributed by atoms with van der Waals surface area (Å²) in [5.74, 6) is 0.0230. The molecule has 1 aromatic heterocycles. The highest BCUT2D eigenvalue weighted by Gasteiger charge is 2.26. The van der Waals surface area contributed by atoms with Gasteiger partial charge in [0.25, 0.3) is 0 Å². The van der Waals surface area contributed by atoms with E-state index < -0.39 is 5.25 Å². The van der Waals surface area contributed by atoms with Gasteiger partial charge >= 0.3 is 0 Å². The summed E-state index contributed by atoms with van der Waals surface area (Å²) in [4.78, 5) is 14.2. The summed E-state index contributed by atoms with van der Waals surface area (Å²) in [6.07, 6.45) is 0. The number of nitrogens with zero attached hydrogens (tertiary/aromatic N) is 4. The summed E-state index contributed by atoms with van der Waals surface area (Å²) in [7, 11) is 5.22. The standard InChI is InChI=1S/C19H19FN4OS/c1-23(2)18(25)16(13-9-5-4-6-10-13)26-19-22-21-17(24(19)3)14-11-7-8-12-15(14)20/h4-12,16H,1-3H3/t16-/m1/s1. The van der Waals surface area contributed by atoms with Crippen molar-refractivity contribution in [1.82, 2.24) is 19.7 Å². The van der Waals surface area contributed by atoms with Crippen molar-refractivity contribution in [2.24, 2.45) is 7.05 Å². The van der Waals surface area contributed by atoms with E-state index in [4.69, 9.17) is 0 Å². The van der Waals surface area contributed by atoms with Gasteiger partial charge < -0.3 is 9.47 Å². The fraction of sp³-hybridized carbons (Fsp3) is 0.211. The summed E-state index contributed by atoms with van der Waals surface area (Å²) in [5, 5.41) is 8.40. The maximum Gasteiger partial charge on any atom is 0.240 e. The quantitative estimate of drug-likeness (QED) is 0.645. The molecule has 0 N–H and O–H groups in total. The van der Waals surface area contributed by atoms with Crippen LogP contribution >= 0.6 is 11.8 Å². The highest BCUT2D eigenvalue weighted by atomic mass is 32.2. The van der Waals surface area contributed by atoms with Crippen molar-refractivity contribution < 1.29 is 9.18 Å². The molecule has 3 rings (SSSR count). The molecule has 0 saturated heterocycles. The van der Waals surface area contributed by atoms with Gasteiger partial charge in [0.15, 0.2) is 11.0 Å². The maximum atomic E-state index is 14.1. The number of thioether (sulfide) groups is 1. The molecule has 134 valence electrons. The van der Waals surface area contributed by atoms with E-state index in [-0.39, 0.29) is 11.7 Å². The Morgan fingerprint density at radius 1 is 1.08 bits per heavy atom. The molecule has 1 heterocycles. The molecule has 0 spiro atoms. The van der Waals surface area contributed by atoms with Crippen molar-refractivity contribution >= 4 is 17.7 Å². The lowest BCUT2D eigenvalue weighted by Gasteiger charge is -2.20. The van der Waals surface area contributed by atoms with Crippen LogP contribution in [0.25, 0.3) is 11.4 Å². The third-order valence-electron chi connectivity index (χ3n) is 3.94. The van der Waals surface area contributed by atoms with Crippen LogP contribution in [0, 0.1) is 5.82 Å². The van der Waals surface area contributed by atoms with Crippen LogP contribution in [0.1, 0.15) is 10.8 Å². The van der Waals surface area contributed by atoms with Crippen LogP contribution in [-0.2, 0) is 11.8 Å². The smallest absolute Gasteiger partial charge is 0.240 e. The predicted molar refractivity (Wildman–Crippen MR) is 100 cm³/mol. The first-order valence-electron chi connectivity index (χ1n) is 8.06. The molecule has 0 unspecified atom stereocenters. The lowest BCUT2D eigenvalue weighted by Crippen LogP contribution is -2.26. The molecule has 1 amide bonds. The van der Waals surface area contributed by atoms with Crippen molar-refractivity contribution in [2.75, 3.05) is 14.1 Å². The van der Waals surface area contributed by atoms with Crippen LogP contribution in [-0.4, -0.2) is 39.7 Å². The number of aromatic nitrogens is 3. The fourth-order valence-corrected chi connectivity index (χ4v) is 3.67. The van der Waals surface area contributed by atoms with Crippen LogP contribution < -0.4 is 0 Å². The molecule has 7 heteroatoms. The van der Waals surface area contributed by atoms with Gasteiger partial charge in [0.05, 0.1) is 5.56 Å². The van der Waals surface area contributed by atoms with Crippen molar-refractivity contribution in [3.05, 3.63) is 66.0 Å². The second-order valence-corrected chi connectivity index (χ2v) is 7.06. The molecular formula is C19H19FN4OS. The van der Waals surface area contributed by atoms with Crippen molar-refractivity contribution in [1.29, 1.82) is 0 Å². The van der Waals surface area contributed by atoms with Crippen LogP contribution in [0.5, 0.6) is 0 Å². The van der Waals surface area contributed by atoms with E-state index in [0.717, 1.165) is 5.56 Å². The van der Waals surface area contributed by atoms with Crippen molar-refractivity contribution in [3.8, 4) is 11.4 Å². The molecular weight excluding hydrogens is 351 g/mol. The van der Waals surface area contributed by atoms with Crippen LogP contribution in [0.2, 0.25) is 0 Å². The minimum absolute atomic E-state index is 0.0448. The number of carbonyl (C=O) groups is 1. The summed E-state index contributed by atoms with van der Waals surface area (Å²) < 4.78 is 15.8. The summed E-state index contributed by atoms with van der Waals surface area (Å²) >= 11 is 1.30. The Kier molecular flexibility index (Phi) is 5.37. The second kappa shape index (κ2) is 7.70. The lowest BCUT2D eigenvalue weighted by molar-refractivity contribution is -0.128. The number of likely N-dealkylation sites (N-methyl/N-ethyl adjacent to an activating group) is 1. The molecule has 0 aliphatic heterocycles. The maximum absolute atomic E-state index is 14.1. The first-order valence-corrected chi connectivity index (χ1v) is 8.94. The Balaban J connectivity index is 1.96. The minimum Gasteiger partial charge on any atom is -0.348 e. The number of halogens is 1. The average Bonchev–Trinajstić information content (AvgIpc) is 3.00. The average molecular weight is 370 g/mol. The van der Waals surface area contributed by atoms with Gasteiger partial charge in [0.2, 0.25) is 5.91 Å². The molecule has 0 aliphatic rings. The number of hydrogen-bond acceptors (Lipinski definition) is 4. The molecule has 5 nitrogen and oxygen atoms in total. The molecule has 0 saturated carbocycles. The largest absolute Gasteiger partial charge is 0.348 e. The number of amides is 1. The van der Waals surface area contributed by atoms with E-state index in [1.807, 2.05) is 30.3 Å². The highest BCUT2D eigenvalue weighted by Crippen LogP contribution is 2.36. The number of carbonyl (C=O) groups excluding carboxylic acids is 1. The van der Waals surface area contributed by atoms with E-state index in [1.165, 1.54) is 17.8 Å². The van der Waals surface area contributed by atoms with Crippen LogP contribution in [0.3, 0.4) is 0 Å². The molecule has 1 atom stereocenters. The minimum atomic E-state index is -0.456. The number of rotatable bonds is 5. The second-order valence-electron chi connectivity index (χ2n) is 5.99. The number of benzene rings is 2. The first-order chi connectivity index (χ1) is 12.5. The summed E-state index contributed by atoms with van der Waals surface area (Å²) in [5.41, 5.74) is 1.26. The van der Waals surface area contributed by atoms with Crippen molar-refractivity contribution in [2.45, 2.75) is 10.4 Å². The molecule has 0 bridgehead atoms. The Bertz CT molecular complexity index is 911. The Labute approximate surface area is 155 Å². The fourth-order valence-electron chi connectivity index (χ4n) is 2.52. The molecule has 3 aromatic rings. The molecule has 0 aliphatic carbocycles. The molecule has 0 radical (unpaired) electrons. The van der Waals surface area contributed by atoms with Gasteiger partial charge in [-0.3, -0.25) is 4.79 Å². The normalized spacial score (nSPS) is 12.0. The van der Waals surface area contributed by atoms with Gasteiger partial charge in [-0.1, -0.05) is 54.2 Å². The van der Waals surface area contributed by atoms with Gasteiger partial charge in [-0.05, 0) is 17.7 Å². The molecule has 26 heavy (non-hydrogen) atoms. The zero-order valence-corrected chi connectivity index (χ0v) is 15.6. The van der Waals surface area contributed by atoms with Crippen LogP contribution in [0.15, 0.2) is 59.8 Å². The Morgan fingerprint density at radius 2 is 1.73 bits per heavy atom. The zero-order chi connectivity index (χ0) is 18.7. The van der Waals surface area contributed by atoms with Crippen LogP contribution in [0.4, 0.5) is 4.39 Å². The van der Waals surface area contributed by atoms with E-state index >= 15 is 0 Å². The zero-order valence-electron chi connectivity index (χ0n) is 14.8.